The third-order valence-electron chi connectivity index (χ3n) is 3.93. The lowest BCUT2D eigenvalue weighted by atomic mass is 9.98. The number of anilines is 1. The van der Waals surface area contributed by atoms with E-state index in [0.29, 0.717) is 6.04 Å². The summed E-state index contributed by atoms with van der Waals surface area (Å²) in [5, 5.41) is 3.56. The molecular weight excluding hydrogens is 248 g/mol. The Hall–Kier alpha value is -1.71. The van der Waals surface area contributed by atoms with E-state index in [1.54, 1.807) is 0 Å². The standard InChI is InChI=1S/C16H26N4/c1-2-3-4-5-10-14(20-16(17)18)15-11-12-8-6-7-9-13(12)19-15/h6-9,14-15,19H,2-5,10-11H2,1H3,(H4,17,18,20). The van der Waals surface area contributed by atoms with Crippen LogP contribution in [0.1, 0.15) is 44.6 Å². The Morgan fingerprint density at radius 3 is 2.80 bits per heavy atom. The monoisotopic (exact) mass is 274 g/mol. The van der Waals surface area contributed by atoms with Crippen molar-refractivity contribution < 1.29 is 0 Å². The van der Waals surface area contributed by atoms with E-state index >= 15 is 0 Å². The molecule has 4 nitrogen and oxygen atoms in total. The van der Waals surface area contributed by atoms with E-state index in [1.165, 1.54) is 36.9 Å². The molecule has 2 unspecified atom stereocenters. The summed E-state index contributed by atoms with van der Waals surface area (Å²) < 4.78 is 0. The molecule has 0 amide bonds. The van der Waals surface area contributed by atoms with E-state index in [9.17, 15) is 0 Å². The fraction of sp³-hybridized carbons (Fsp3) is 0.562. The van der Waals surface area contributed by atoms with Crippen molar-refractivity contribution in [2.75, 3.05) is 5.32 Å². The predicted octanol–water partition coefficient (Wildman–Crippen LogP) is 2.64. The van der Waals surface area contributed by atoms with Crippen molar-refractivity contribution in [2.24, 2.45) is 16.5 Å². The van der Waals surface area contributed by atoms with Crippen molar-refractivity contribution in [3.05, 3.63) is 29.8 Å². The van der Waals surface area contributed by atoms with Crippen LogP contribution in [0.25, 0.3) is 0 Å². The molecule has 1 aromatic carbocycles. The van der Waals surface area contributed by atoms with Gasteiger partial charge in [0.2, 0.25) is 0 Å². The maximum Gasteiger partial charge on any atom is 0.186 e. The molecule has 110 valence electrons. The van der Waals surface area contributed by atoms with Crippen molar-refractivity contribution in [1.29, 1.82) is 0 Å². The van der Waals surface area contributed by atoms with Gasteiger partial charge in [-0.05, 0) is 24.5 Å². The molecule has 1 heterocycles. The van der Waals surface area contributed by atoms with Crippen LogP contribution in [0.3, 0.4) is 0 Å². The van der Waals surface area contributed by atoms with E-state index in [4.69, 9.17) is 11.5 Å². The maximum atomic E-state index is 5.60. The number of benzene rings is 1. The van der Waals surface area contributed by atoms with Gasteiger partial charge in [-0.25, -0.2) is 4.99 Å². The molecule has 0 bridgehead atoms. The molecule has 0 aromatic heterocycles. The highest BCUT2D eigenvalue weighted by molar-refractivity contribution is 5.76. The fourth-order valence-corrected chi connectivity index (χ4v) is 2.89. The summed E-state index contributed by atoms with van der Waals surface area (Å²) in [4.78, 5) is 4.45. The smallest absolute Gasteiger partial charge is 0.186 e. The minimum atomic E-state index is 0.171. The Balaban J connectivity index is 1.96. The first kappa shape index (κ1) is 14.7. The zero-order valence-electron chi connectivity index (χ0n) is 12.3. The van der Waals surface area contributed by atoms with Gasteiger partial charge in [-0.3, -0.25) is 0 Å². The number of unbranched alkanes of at least 4 members (excludes halogenated alkanes) is 3. The topological polar surface area (TPSA) is 76.4 Å². The SMILES string of the molecule is CCCCCCC(N=C(N)N)C1Cc2ccccc2N1. The van der Waals surface area contributed by atoms with Crippen molar-refractivity contribution in [3.63, 3.8) is 0 Å². The predicted molar refractivity (Wildman–Crippen MR) is 85.9 cm³/mol. The molecule has 1 aliphatic rings. The number of hydrogen-bond donors (Lipinski definition) is 3. The highest BCUT2D eigenvalue weighted by Gasteiger charge is 2.27. The summed E-state index contributed by atoms with van der Waals surface area (Å²) in [6.07, 6.45) is 7.03. The molecule has 0 saturated carbocycles. The molecule has 2 atom stereocenters. The summed E-state index contributed by atoms with van der Waals surface area (Å²) in [7, 11) is 0. The normalized spacial score (nSPS) is 18.1. The van der Waals surface area contributed by atoms with Crippen molar-refractivity contribution in [1.82, 2.24) is 0 Å². The van der Waals surface area contributed by atoms with E-state index < -0.39 is 0 Å². The molecule has 0 fully saturated rings. The van der Waals surface area contributed by atoms with E-state index in [1.807, 2.05) is 0 Å². The average Bonchev–Trinajstić information content (AvgIpc) is 2.85. The van der Waals surface area contributed by atoms with Crippen LogP contribution in [0.15, 0.2) is 29.3 Å². The summed E-state index contributed by atoms with van der Waals surface area (Å²) in [6, 6.07) is 8.93. The third-order valence-corrected chi connectivity index (χ3v) is 3.93. The first-order valence-corrected chi connectivity index (χ1v) is 7.64. The number of nitrogens with one attached hydrogen (secondary N) is 1. The number of aliphatic imine (C=N–C) groups is 1. The lowest BCUT2D eigenvalue weighted by Gasteiger charge is -2.21. The van der Waals surface area contributed by atoms with Crippen molar-refractivity contribution in [3.8, 4) is 0 Å². The van der Waals surface area contributed by atoms with Crippen molar-refractivity contribution >= 4 is 11.6 Å². The number of para-hydroxylation sites is 1. The minimum Gasteiger partial charge on any atom is -0.380 e. The Labute approximate surface area is 121 Å². The van der Waals surface area contributed by atoms with Crippen LogP contribution in [0.2, 0.25) is 0 Å². The number of guanidine groups is 1. The van der Waals surface area contributed by atoms with Crippen LogP contribution in [-0.4, -0.2) is 18.0 Å². The highest BCUT2D eigenvalue weighted by Crippen LogP contribution is 2.29. The Morgan fingerprint density at radius 1 is 1.30 bits per heavy atom. The van der Waals surface area contributed by atoms with Gasteiger partial charge in [-0.2, -0.15) is 0 Å². The van der Waals surface area contributed by atoms with Gasteiger partial charge in [0, 0.05) is 5.69 Å². The number of hydrogen-bond acceptors (Lipinski definition) is 2. The van der Waals surface area contributed by atoms with Crippen LogP contribution in [0, 0.1) is 0 Å². The molecule has 2 rings (SSSR count). The Morgan fingerprint density at radius 2 is 2.10 bits per heavy atom. The van der Waals surface area contributed by atoms with E-state index in [-0.39, 0.29) is 12.0 Å². The lowest BCUT2D eigenvalue weighted by molar-refractivity contribution is 0.497. The second kappa shape index (κ2) is 7.17. The lowest BCUT2D eigenvalue weighted by Crippen LogP contribution is -2.34. The van der Waals surface area contributed by atoms with E-state index in [0.717, 1.165) is 12.8 Å². The van der Waals surface area contributed by atoms with Crippen molar-refractivity contribution in [2.45, 2.75) is 57.5 Å². The molecule has 20 heavy (non-hydrogen) atoms. The van der Waals surface area contributed by atoms with Gasteiger partial charge >= 0.3 is 0 Å². The zero-order valence-corrected chi connectivity index (χ0v) is 12.3. The largest absolute Gasteiger partial charge is 0.380 e. The number of rotatable bonds is 7. The molecule has 5 N–H and O–H groups in total. The molecule has 0 spiro atoms. The number of nitrogens with zero attached hydrogens (tertiary/aromatic N) is 1. The summed E-state index contributed by atoms with van der Waals surface area (Å²) in [5.41, 5.74) is 13.8. The summed E-state index contributed by atoms with van der Waals surface area (Å²) >= 11 is 0. The van der Waals surface area contributed by atoms with Gasteiger partial charge in [0.05, 0.1) is 12.1 Å². The molecule has 4 heteroatoms. The summed E-state index contributed by atoms with van der Waals surface area (Å²) in [6.45, 7) is 2.22. The molecule has 0 aliphatic carbocycles. The molecular formula is C16H26N4. The molecule has 1 aliphatic heterocycles. The van der Waals surface area contributed by atoms with Gasteiger partial charge in [0.25, 0.3) is 0 Å². The van der Waals surface area contributed by atoms with Crippen LogP contribution in [0.5, 0.6) is 0 Å². The van der Waals surface area contributed by atoms with Gasteiger partial charge < -0.3 is 16.8 Å². The Bertz CT molecular complexity index is 427. The minimum absolute atomic E-state index is 0.171. The van der Waals surface area contributed by atoms with Gasteiger partial charge in [-0.15, -0.1) is 0 Å². The van der Waals surface area contributed by atoms with E-state index in [2.05, 4.69) is 41.5 Å². The third kappa shape index (κ3) is 3.89. The van der Waals surface area contributed by atoms with Gasteiger partial charge in [0.1, 0.15) is 0 Å². The maximum absolute atomic E-state index is 5.60. The van der Waals surface area contributed by atoms with Crippen LogP contribution < -0.4 is 16.8 Å². The second-order valence-corrected chi connectivity index (χ2v) is 5.58. The highest BCUT2D eigenvalue weighted by atomic mass is 15.1. The molecule has 0 saturated heterocycles. The zero-order chi connectivity index (χ0) is 14.4. The second-order valence-electron chi connectivity index (χ2n) is 5.58. The van der Waals surface area contributed by atoms with Crippen LogP contribution in [0.4, 0.5) is 5.69 Å². The molecule has 0 radical (unpaired) electrons. The van der Waals surface area contributed by atoms with Crippen LogP contribution in [-0.2, 0) is 6.42 Å². The quantitative estimate of drug-likeness (QED) is 0.406. The summed E-state index contributed by atoms with van der Waals surface area (Å²) in [5.74, 6) is 0.197. The Kier molecular flexibility index (Phi) is 5.27. The van der Waals surface area contributed by atoms with Gasteiger partial charge in [-0.1, -0.05) is 50.8 Å². The number of fused-ring (bicyclic) bond motifs is 1. The number of nitrogens with two attached hydrogens (primary N) is 2. The fourth-order valence-electron chi connectivity index (χ4n) is 2.89. The van der Waals surface area contributed by atoms with Gasteiger partial charge in [0.15, 0.2) is 5.96 Å². The first-order chi connectivity index (χ1) is 9.70. The average molecular weight is 274 g/mol. The molecule has 1 aromatic rings. The first-order valence-electron chi connectivity index (χ1n) is 7.64. The van der Waals surface area contributed by atoms with Crippen LogP contribution >= 0.6 is 0 Å².